The Labute approximate surface area is 202 Å². The van der Waals surface area contributed by atoms with E-state index in [1.54, 1.807) is 63.4 Å². The third-order valence-electron chi connectivity index (χ3n) is 5.72. The molecule has 2 amide bonds. The second-order valence-electron chi connectivity index (χ2n) is 8.42. The van der Waals surface area contributed by atoms with E-state index in [-0.39, 0.29) is 18.5 Å². The maximum atomic E-state index is 13.6. The number of nitrogens with zero attached hydrogens (tertiary/aromatic N) is 2. The Morgan fingerprint density at radius 1 is 1.09 bits per heavy atom. The molecular formula is C25H35N3O5S. The maximum Gasteiger partial charge on any atom is 0.244 e. The minimum absolute atomic E-state index is 0.0526. The van der Waals surface area contributed by atoms with Gasteiger partial charge in [0, 0.05) is 12.6 Å². The number of sulfonamides is 1. The fourth-order valence-electron chi connectivity index (χ4n) is 3.45. The lowest BCUT2D eigenvalue weighted by molar-refractivity contribution is -0.139. The molecule has 0 bridgehead atoms. The van der Waals surface area contributed by atoms with E-state index >= 15 is 0 Å². The van der Waals surface area contributed by atoms with Crippen LogP contribution in [0.25, 0.3) is 0 Å². The molecule has 2 aromatic rings. The molecule has 0 heterocycles. The number of anilines is 1. The highest BCUT2D eigenvalue weighted by atomic mass is 32.2. The van der Waals surface area contributed by atoms with E-state index < -0.39 is 28.5 Å². The van der Waals surface area contributed by atoms with Crippen LogP contribution in [0.2, 0.25) is 0 Å². The Kier molecular flexibility index (Phi) is 9.49. The maximum absolute atomic E-state index is 13.6. The number of nitrogens with one attached hydrogen (secondary N) is 1. The van der Waals surface area contributed by atoms with Gasteiger partial charge in [-0.25, -0.2) is 8.42 Å². The van der Waals surface area contributed by atoms with E-state index in [4.69, 9.17) is 4.74 Å². The molecule has 0 fully saturated rings. The average Bonchev–Trinajstić information content (AvgIpc) is 2.80. The summed E-state index contributed by atoms with van der Waals surface area (Å²) in [4.78, 5) is 27.9. The molecule has 0 aliphatic rings. The monoisotopic (exact) mass is 489 g/mol. The normalized spacial score (nSPS) is 13.0. The van der Waals surface area contributed by atoms with Crippen molar-refractivity contribution in [3.63, 3.8) is 0 Å². The summed E-state index contributed by atoms with van der Waals surface area (Å²) < 4.78 is 31.6. The van der Waals surface area contributed by atoms with Crippen molar-refractivity contribution in [2.75, 3.05) is 24.2 Å². The van der Waals surface area contributed by atoms with Crippen LogP contribution < -0.4 is 14.4 Å². The summed E-state index contributed by atoms with van der Waals surface area (Å²) in [6.07, 6.45) is 1.82. The molecule has 0 saturated heterocycles. The van der Waals surface area contributed by atoms with Crippen molar-refractivity contribution in [3.05, 3.63) is 59.7 Å². The summed E-state index contributed by atoms with van der Waals surface area (Å²) in [6.45, 7) is 6.98. The second kappa shape index (κ2) is 11.9. The third kappa shape index (κ3) is 7.21. The van der Waals surface area contributed by atoms with Crippen molar-refractivity contribution in [2.45, 2.75) is 52.7 Å². The predicted octanol–water partition coefficient (Wildman–Crippen LogP) is 3.10. The fraction of sp³-hybridized carbons (Fsp3) is 0.440. The summed E-state index contributed by atoms with van der Waals surface area (Å²) in [5.74, 6) is -0.157. The van der Waals surface area contributed by atoms with Crippen molar-refractivity contribution in [2.24, 2.45) is 0 Å². The third-order valence-corrected chi connectivity index (χ3v) is 6.85. The topological polar surface area (TPSA) is 96.0 Å². The summed E-state index contributed by atoms with van der Waals surface area (Å²) in [5, 5.41) is 2.91. The molecule has 2 atom stereocenters. The quantitative estimate of drug-likeness (QED) is 0.523. The standard InChI is InChI=1S/C25H35N3O5S/c1-7-19(3)26-25(30)20(4)27(16-21-12-10-13-22(15-21)33-5)24(29)17-28(34(6,31)32)23-14-9-8-11-18(23)2/h8-15,19-20H,7,16-17H2,1-6H3,(H,26,30)/t19-,20-/m0/s1. The zero-order valence-corrected chi connectivity index (χ0v) is 21.6. The van der Waals surface area contributed by atoms with E-state index in [1.807, 2.05) is 19.9 Å². The number of benzene rings is 2. The van der Waals surface area contributed by atoms with Crippen LogP contribution in [0.5, 0.6) is 5.75 Å². The van der Waals surface area contributed by atoms with Crippen LogP contribution in [0, 0.1) is 6.92 Å². The zero-order chi connectivity index (χ0) is 25.5. The summed E-state index contributed by atoms with van der Waals surface area (Å²) >= 11 is 0. The Bertz CT molecular complexity index is 1100. The average molecular weight is 490 g/mol. The first-order chi connectivity index (χ1) is 16.0. The molecule has 2 aromatic carbocycles. The van der Waals surface area contributed by atoms with Gasteiger partial charge in [0.15, 0.2) is 0 Å². The summed E-state index contributed by atoms with van der Waals surface area (Å²) in [5.41, 5.74) is 1.91. The van der Waals surface area contributed by atoms with Gasteiger partial charge in [-0.2, -0.15) is 0 Å². The van der Waals surface area contributed by atoms with Gasteiger partial charge in [0.25, 0.3) is 0 Å². The Hall–Kier alpha value is -3.07. The number of carbonyl (C=O) groups is 2. The van der Waals surface area contributed by atoms with E-state index in [9.17, 15) is 18.0 Å². The second-order valence-corrected chi connectivity index (χ2v) is 10.3. The lowest BCUT2D eigenvalue weighted by Crippen LogP contribution is -2.52. The molecule has 8 nitrogen and oxygen atoms in total. The molecule has 0 aliphatic carbocycles. The van der Waals surface area contributed by atoms with Gasteiger partial charge in [0.05, 0.1) is 19.1 Å². The van der Waals surface area contributed by atoms with Gasteiger partial charge in [0.1, 0.15) is 18.3 Å². The fourth-order valence-corrected chi connectivity index (χ4v) is 4.36. The van der Waals surface area contributed by atoms with Crippen LogP contribution >= 0.6 is 0 Å². The molecule has 9 heteroatoms. The summed E-state index contributed by atoms with van der Waals surface area (Å²) in [6, 6.07) is 13.3. The van der Waals surface area contributed by atoms with E-state index in [0.717, 1.165) is 28.1 Å². The molecule has 0 aliphatic heterocycles. The first-order valence-corrected chi connectivity index (χ1v) is 13.1. The molecule has 186 valence electrons. The van der Waals surface area contributed by atoms with Crippen LogP contribution in [0.4, 0.5) is 5.69 Å². The van der Waals surface area contributed by atoms with E-state index in [0.29, 0.717) is 11.4 Å². The first-order valence-electron chi connectivity index (χ1n) is 11.2. The lowest BCUT2D eigenvalue weighted by Gasteiger charge is -2.32. The first kappa shape index (κ1) is 27.2. The molecule has 0 spiro atoms. The number of ether oxygens (including phenoxy) is 1. The Morgan fingerprint density at radius 2 is 1.76 bits per heavy atom. The van der Waals surface area contributed by atoms with Gasteiger partial charge < -0.3 is 15.0 Å². The van der Waals surface area contributed by atoms with Gasteiger partial charge >= 0.3 is 0 Å². The van der Waals surface area contributed by atoms with Crippen molar-refractivity contribution in [1.29, 1.82) is 0 Å². The van der Waals surface area contributed by atoms with Gasteiger partial charge in [0.2, 0.25) is 21.8 Å². The van der Waals surface area contributed by atoms with Crippen molar-refractivity contribution < 1.29 is 22.7 Å². The smallest absolute Gasteiger partial charge is 0.244 e. The van der Waals surface area contributed by atoms with Gasteiger partial charge in [-0.05, 0) is 56.5 Å². The molecule has 0 unspecified atom stereocenters. The molecular weight excluding hydrogens is 454 g/mol. The Morgan fingerprint density at radius 3 is 2.35 bits per heavy atom. The highest BCUT2D eigenvalue weighted by Gasteiger charge is 2.30. The van der Waals surface area contributed by atoms with Gasteiger partial charge in [-0.3, -0.25) is 13.9 Å². The van der Waals surface area contributed by atoms with Crippen LogP contribution in [0.3, 0.4) is 0 Å². The number of amides is 2. The number of aryl methyl sites for hydroxylation is 1. The molecule has 1 N–H and O–H groups in total. The van der Waals surface area contributed by atoms with Crippen LogP contribution in [0.15, 0.2) is 48.5 Å². The van der Waals surface area contributed by atoms with Gasteiger partial charge in [-0.15, -0.1) is 0 Å². The number of carbonyl (C=O) groups excluding carboxylic acids is 2. The van der Waals surface area contributed by atoms with Crippen LogP contribution in [0.1, 0.15) is 38.3 Å². The largest absolute Gasteiger partial charge is 0.497 e. The number of para-hydroxylation sites is 1. The molecule has 0 aromatic heterocycles. The zero-order valence-electron chi connectivity index (χ0n) is 20.7. The molecule has 0 radical (unpaired) electrons. The SMILES string of the molecule is CC[C@H](C)NC(=O)[C@H](C)N(Cc1cccc(OC)c1)C(=O)CN(c1ccccc1C)S(C)(=O)=O. The van der Waals surface area contributed by atoms with Crippen molar-refractivity contribution >= 4 is 27.5 Å². The lowest BCUT2D eigenvalue weighted by atomic mass is 10.1. The number of rotatable bonds is 11. The molecule has 34 heavy (non-hydrogen) atoms. The minimum atomic E-state index is -3.76. The van der Waals surface area contributed by atoms with E-state index in [2.05, 4.69) is 5.32 Å². The predicted molar refractivity (Wildman–Crippen MR) is 134 cm³/mol. The van der Waals surface area contributed by atoms with Gasteiger partial charge in [-0.1, -0.05) is 37.3 Å². The molecule has 0 saturated carbocycles. The van der Waals surface area contributed by atoms with E-state index in [1.165, 1.54) is 4.90 Å². The number of hydrogen-bond acceptors (Lipinski definition) is 5. The number of hydrogen-bond donors (Lipinski definition) is 1. The van der Waals surface area contributed by atoms with Crippen molar-refractivity contribution in [1.82, 2.24) is 10.2 Å². The van der Waals surface area contributed by atoms with Crippen LogP contribution in [-0.2, 0) is 26.2 Å². The minimum Gasteiger partial charge on any atom is -0.497 e. The highest BCUT2D eigenvalue weighted by molar-refractivity contribution is 7.92. The highest BCUT2D eigenvalue weighted by Crippen LogP contribution is 2.23. The molecule has 2 rings (SSSR count). The van der Waals surface area contributed by atoms with Crippen LogP contribution in [-0.4, -0.2) is 57.1 Å². The Balaban J connectivity index is 2.41. The number of methoxy groups -OCH3 is 1. The summed E-state index contributed by atoms with van der Waals surface area (Å²) in [7, 11) is -2.20. The van der Waals surface area contributed by atoms with Crippen molar-refractivity contribution in [3.8, 4) is 5.75 Å².